The van der Waals surface area contributed by atoms with Crippen LogP contribution in [0.2, 0.25) is 0 Å². The van der Waals surface area contributed by atoms with Crippen LogP contribution < -0.4 is 4.74 Å². The Morgan fingerprint density at radius 3 is 2.30 bits per heavy atom. The Balaban J connectivity index is 1.82. The lowest BCUT2D eigenvalue weighted by Crippen LogP contribution is -2.33. The molecule has 7 heteroatoms. The van der Waals surface area contributed by atoms with Gasteiger partial charge in [-0.3, -0.25) is 0 Å². The predicted octanol–water partition coefficient (Wildman–Crippen LogP) is 6.61. The Hall–Kier alpha value is -3.74. The van der Waals surface area contributed by atoms with E-state index in [0.717, 1.165) is 23.2 Å². The first-order chi connectivity index (χ1) is 15.9. The van der Waals surface area contributed by atoms with Gasteiger partial charge in [0.25, 0.3) is 0 Å². The molecule has 4 aromatic rings. The van der Waals surface area contributed by atoms with Crippen molar-refractivity contribution in [1.29, 1.82) is 0 Å². The predicted molar refractivity (Wildman–Crippen MR) is 122 cm³/mol. The van der Waals surface area contributed by atoms with E-state index < -0.39 is 17.7 Å². The molecule has 0 bridgehead atoms. The Morgan fingerprint density at radius 1 is 0.909 bits per heavy atom. The van der Waals surface area contributed by atoms with Gasteiger partial charge in [-0.25, -0.2) is 18.0 Å². The second-order valence-corrected chi connectivity index (χ2v) is 7.61. The maximum absolute atomic E-state index is 14.1. The molecule has 0 N–H and O–H groups in total. The largest absolute Gasteiger partial charge is 0.415 e. The molecular weight excluding hydrogens is 429 g/mol. The minimum absolute atomic E-state index is 0.255. The maximum atomic E-state index is 14.1. The molecule has 33 heavy (non-hydrogen) atoms. The number of fused-ring (bicyclic) bond motifs is 1. The van der Waals surface area contributed by atoms with Crippen LogP contribution in [0.5, 0.6) is 5.75 Å². The van der Waals surface area contributed by atoms with Crippen LogP contribution in [0.1, 0.15) is 19.4 Å². The molecule has 170 valence electrons. The molecule has 0 atom stereocenters. The summed E-state index contributed by atoms with van der Waals surface area (Å²) < 4.78 is 48.6. The molecule has 0 aliphatic rings. The van der Waals surface area contributed by atoms with E-state index in [-0.39, 0.29) is 11.6 Å². The normalized spacial score (nSPS) is 11.1. The van der Waals surface area contributed by atoms with Crippen LogP contribution in [0.3, 0.4) is 0 Å². The van der Waals surface area contributed by atoms with Gasteiger partial charge in [-0.15, -0.1) is 0 Å². The highest BCUT2D eigenvalue weighted by atomic mass is 19.2. The second kappa shape index (κ2) is 9.40. The van der Waals surface area contributed by atoms with E-state index in [1.54, 1.807) is 18.2 Å². The third-order valence-corrected chi connectivity index (χ3v) is 5.61. The summed E-state index contributed by atoms with van der Waals surface area (Å²) >= 11 is 0. The van der Waals surface area contributed by atoms with Crippen molar-refractivity contribution < 1.29 is 22.7 Å². The van der Waals surface area contributed by atoms with Crippen LogP contribution in [0.25, 0.3) is 22.0 Å². The molecule has 1 amide bonds. The van der Waals surface area contributed by atoms with Crippen LogP contribution in [0.15, 0.2) is 66.9 Å². The van der Waals surface area contributed by atoms with Gasteiger partial charge in [0.2, 0.25) is 0 Å². The van der Waals surface area contributed by atoms with Crippen molar-refractivity contribution in [2.75, 3.05) is 13.1 Å². The van der Waals surface area contributed by atoms with Gasteiger partial charge in [0, 0.05) is 42.3 Å². The first-order valence-electron chi connectivity index (χ1n) is 10.7. The van der Waals surface area contributed by atoms with E-state index in [4.69, 9.17) is 4.74 Å². The van der Waals surface area contributed by atoms with Crippen molar-refractivity contribution in [2.45, 2.75) is 20.4 Å². The number of benzene rings is 3. The number of rotatable bonds is 6. The molecule has 4 nitrogen and oxygen atoms in total. The van der Waals surface area contributed by atoms with Crippen LogP contribution in [0.4, 0.5) is 18.0 Å². The van der Waals surface area contributed by atoms with Gasteiger partial charge in [-0.1, -0.05) is 18.2 Å². The minimum atomic E-state index is -0.990. The summed E-state index contributed by atoms with van der Waals surface area (Å²) in [5.74, 6) is -2.00. The molecule has 0 radical (unpaired) electrons. The third kappa shape index (κ3) is 4.58. The first-order valence-corrected chi connectivity index (χ1v) is 10.7. The average molecular weight is 452 g/mol. The maximum Gasteiger partial charge on any atom is 0.415 e. The van der Waals surface area contributed by atoms with Crippen molar-refractivity contribution >= 4 is 17.0 Å². The molecule has 0 fully saturated rings. The second-order valence-electron chi connectivity index (χ2n) is 7.61. The highest BCUT2D eigenvalue weighted by molar-refractivity contribution is 5.99. The van der Waals surface area contributed by atoms with Crippen molar-refractivity contribution in [3.05, 3.63) is 89.9 Å². The smallest absolute Gasteiger partial charge is 0.410 e. The number of nitrogens with zero attached hydrogens (tertiary/aromatic N) is 2. The fourth-order valence-electron chi connectivity index (χ4n) is 3.85. The highest BCUT2D eigenvalue weighted by Gasteiger charge is 2.20. The zero-order valence-electron chi connectivity index (χ0n) is 18.3. The number of aromatic nitrogens is 1. The van der Waals surface area contributed by atoms with Gasteiger partial charge in [0.15, 0.2) is 11.6 Å². The molecule has 1 aromatic heterocycles. The SMILES string of the molecule is CCN(CC)C(=O)Oc1ccc2c(ccn2Cc2ccc(F)cc2)c1-c1ccc(F)c(F)c1. The van der Waals surface area contributed by atoms with Crippen LogP contribution in [0, 0.1) is 17.5 Å². The van der Waals surface area contributed by atoms with E-state index in [1.807, 2.05) is 36.7 Å². The fourth-order valence-corrected chi connectivity index (χ4v) is 3.85. The minimum Gasteiger partial charge on any atom is -0.410 e. The fraction of sp³-hybridized carbons (Fsp3) is 0.192. The van der Waals surface area contributed by atoms with Crippen molar-refractivity contribution in [2.24, 2.45) is 0 Å². The summed E-state index contributed by atoms with van der Waals surface area (Å²) in [5, 5.41) is 0.716. The average Bonchev–Trinajstić information content (AvgIpc) is 3.20. The molecule has 0 aliphatic carbocycles. The molecular formula is C26H23F3N2O2. The highest BCUT2D eigenvalue weighted by Crippen LogP contribution is 2.38. The molecule has 4 rings (SSSR count). The summed E-state index contributed by atoms with van der Waals surface area (Å²) in [6, 6.07) is 15.1. The Labute approximate surface area is 189 Å². The van der Waals surface area contributed by atoms with Crippen LogP contribution in [-0.2, 0) is 6.54 Å². The molecule has 0 saturated carbocycles. The zero-order valence-corrected chi connectivity index (χ0v) is 18.3. The number of hydrogen-bond donors (Lipinski definition) is 0. The number of hydrogen-bond acceptors (Lipinski definition) is 2. The third-order valence-electron chi connectivity index (χ3n) is 5.61. The lowest BCUT2D eigenvalue weighted by molar-refractivity contribution is 0.157. The van der Waals surface area contributed by atoms with E-state index >= 15 is 0 Å². The summed E-state index contributed by atoms with van der Waals surface area (Å²) in [7, 11) is 0. The zero-order chi connectivity index (χ0) is 23.5. The number of carbonyl (C=O) groups excluding carboxylic acids is 1. The topological polar surface area (TPSA) is 34.5 Å². The summed E-state index contributed by atoms with van der Waals surface area (Å²) in [6.07, 6.45) is 1.34. The number of halogens is 3. The van der Waals surface area contributed by atoms with Crippen molar-refractivity contribution in [1.82, 2.24) is 9.47 Å². The summed E-state index contributed by atoms with van der Waals surface area (Å²) in [6.45, 7) is 5.14. The first kappa shape index (κ1) is 22.5. The lowest BCUT2D eigenvalue weighted by Gasteiger charge is -2.20. The molecule has 0 spiro atoms. The van der Waals surface area contributed by atoms with Gasteiger partial charge >= 0.3 is 6.09 Å². The molecule has 0 aliphatic heterocycles. The number of carbonyl (C=O) groups is 1. The Bertz CT molecular complexity index is 1300. The molecule has 0 unspecified atom stereocenters. The summed E-state index contributed by atoms with van der Waals surface area (Å²) in [4.78, 5) is 14.1. The summed E-state index contributed by atoms with van der Waals surface area (Å²) in [5.41, 5.74) is 2.59. The van der Waals surface area contributed by atoms with Crippen LogP contribution >= 0.6 is 0 Å². The quantitative estimate of drug-likeness (QED) is 0.330. The van der Waals surface area contributed by atoms with E-state index in [2.05, 4.69) is 0 Å². The number of ether oxygens (including phenoxy) is 1. The molecule has 1 heterocycles. The van der Waals surface area contributed by atoms with Crippen molar-refractivity contribution in [3.63, 3.8) is 0 Å². The Kier molecular flexibility index (Phi) is 6.40. The van der Waals surface area contributed by atoms with E-state index in [0.29, 0.717) is 36.1 Å². The van der Waals surface area contributed by atoms with Crippen LogP contribution in [-0.4, -0.2) is 28.6 Å². The standard InChI is InChI=1S/C26H23F3N2O2/c1-3-30(4-2)26(32)33-24-12-11-23-20(25(24)18-7-10-21(28)22(29)15-18)13-14-31(23)16-17-5-8-19(27)9-6-17/h5-15H,3-4,16H2,1-2H3. The lowest BCUT2D eigenvalue weighted by atomic mass is 10.00. The van der Waals surface area contributed by atoms with Gasteiger partial charge in [-0.2, -0.15) is 0 Å². The molecule has 0 saturated heterocycles. The Morgan fingerprint density at radius 2 is 1.64 bits per heavy atom. The van der Waals surface area contributed by atoms with Crippen molar-refractivity contribution in [3.8, 4) is 16.9 Å². The van der Waals surface area contributed by atoms with E-state index in [9.17, 15) is 18.0 Å². The van der Waals surface area contributed by atoms with Gasteiger partial charge in [-0.05, 0) is 67.4 Å². The van der Waals surface area contributed by atoms with Gasteiger partial charge in [0.1, 0.15) is 11.6 Å². The monoisotopic (exact) mass is 452 g/mol. The number of amides is 1. The molecule has 3 aromatic carbocycles. The van der Waals surface area contributed by atoms with Gasteiger partial charge in [0.05, 0.1) is 0 Å². The van der Waals surface area contributed by atoms with Gasteiger partial charge < -0.3 is 14.2 Å². The van der Waals surface area contributed by atoms with E-state index in [1.165, 1.54) is 23.1 Å².